The van der Waals surface area contributed by atoms with Crippen LogP contribution < -0.4 is 10.6 Å². The predicted molar refractivity (Wildman–Crippen MR) is 78.6 cm³/mol. The number of ether oxygens (including phenoxy) is 1. The van der Waals surface area contributed by atoms with Crippen LogP contribution in [0.2, 0.25) is 0 Å². The van der Waals surface area contributed by atoms with Crippen LogP contribution in [0.5, 0.6) is 0 Å². The maximum Gasteiger partial charge on any atom is 0.407 e. The molecule has 0 aliphatic rings. The van der Waals surface area contributed by atoms with E-state index in [1.807, 2.05) is 13.8 Å². The van der Waals surface area contributed by atoms with E-state index in [9.17, 15) is 9.59 Å². The summed E-state index contributed by atoms with van der Waals surface area (Å²) in [6, 6.07) is 0.0874. The third-order valence-corrected chi connectivity index (χ3v) is 2.37. The van der Waals surface area contributed by atoms with Crippen molar-refractivity contribution in [1.29, 1.82) is 0 Å². The molecule has 0 saturated heterocycles. The SMILES string of the molecule is CC(C)NC(=O)Cn1cncc1CNC(=O)OC(C)(C)C. The zero-order chi connectivity index (χ0) is 16.0. The van der Waals surface area contributed by atoms with Crippen LogP contribution in [0.4, 0.5) is 4.79 Å². The molecule has 1 heterocycles. The molecular formula is C14H24N4O3. The van der Waals surface area contributed by atoms with Crippen LogP contribution in [0.15, 0.2) is 12.5 Å². The minimum Gasteiger partial charge on any atom is -0.444 e. The number of hydrogen-bond acceptors (Lipinski definition) is 4. The molecule has 0 atom stereocenters. The summed E-state index contributed by atoms with van der Waals surface area (Å²) in [4.78, 5) is 27.3. The highest BCUT2D eigenvalue weighted by molar-refractivity contribution is 5.76. The number of rotatable bonds is 5. The molecule has 0 unspecified atom stereocenters. The number of alkyl carbamates (subject to hydrolysis) is 1. The van der Waals surface area contributed by atoms with E-state index >= 15 is 0 Å². The number of nitrogens with one attached hydrogen (secondary N) is 2. The second-order valence-electron chi connectivity index (χ2n) is 6.09. The van der Waals surface area contributed by atoms with Crippen molar-refractivity contribution in [3.63, 3.8) is 0 Å². The standard InChI is InChI=1S/C14H24N4O3/c1-10(2)17-12(19)8-18-9-15-6-11(18)7-16-13(20)21-14(3,4)5/h6,9-10H,7-8H2,1-5H3,(H,16,20)(H,17,19). The highest BCUT2D eigenvalue weighted by Crippen LogP contribution is 2.07. The summed E-state index contributed by atoms with van der Waals surface area (Å²) in [7, 11) is 0. The van der Waals surface area contributed by atoms with Crippen molar-refractivity contribution >= 4 is 12.0 Å². The van der Waals surface area contributed by atoms with Crippen LogP contribution in [0.1, 0.15) is 40.3 Å². The molecule has 1 aromatic rings. The molecule has 7 nitrogen and oxygen atoms in total. The molecule has 0 radical (unpaired) electrons. The molecule has 1 aromatic heterocycles. The normalized spacial score (nSPS) is 11.3. The highest BCUT2D eigenvalue weighted by Gasteiger charge is 2.16. The Hall–Kier alpha value is -2.05. The van der Waals surface area contributed by atoms with Crippen molar-refractivity contribution < 1.29 is 14.3 Å². The fourth-order valence-corrected chi connectivity index (χ4v) is 1.64. The van der Waals surface area contributed by atoms with E-state index < -0.39 is 11.7 Å². The Morgan fingerprint density at radius 3 is 2.62 bits per heavy atom. The average molecular weight is 296 g/mol. The van der Waals surface area contributed by atoms with Gasteiger partial charge in [-0.25, -0.2) is 9.78 Å². The predicted octanol–water partition coefficient (Wildman–Crippen LogP) is 1.43. The van der Waals surface area contributed by atoms with Crippen LogP contribution in [0.25, 0.3) is 0 Å². The largest absolute Gasteiger partial charge is 0.444 e. The summed E-state index contributed by atoms with van der Waals surface area (Å²) >= 11 is 0. The van der Waals surface area contributed by atoms with E-state index in [2.05, 4.69) is 15.6 Å². The van der Waals surface area contributed by atoms with E-state index in [1.165, 1.54) is 0 Å². The van der Waals surface area contributed by atoms with Gasteiger partial charge in [0.25, 0.3) is 0 Å². The van der Waals surface area contributed by atoms with Gasteiger partial charge < -0.3 is 19.9 Å². The van der Waals surface area contributed by atoms with Crippen LogP contribution >= 0.6 is 0 Å². The van der Waals surface area contributed by atoms with E-state index in [1.54, 1.807) is 37.9 Å². The lowest BCUT2D eigenvalue weighted by atomic mass is 10.2. The van der Waals surface area contributed by atoms with Crippen molar-refractivity contribution in [3.8, 4) is 0 Å². The molecule has 0 saturated carbocycles. The minimum atomic E-state index is -0.540. The molecule has 0 fully saturated rings. The minimum absolute atomic E-state index is 0.0874. The summed E-state index contributed by atoms with van der Waals surface area (Å²) < 4.78 is 6.84. The van der Waals surface area contributed by atoms with E-state index in [-0.39, 0.29) is 25.0 Å². The third-order valence-electron chi connectivity index (χ3n) is 2.37. The fourth-order valence-electron chi connectivity index (χ4n) is 1.64. The van der Waals surface area contributed by atoms with Gasteiger partial charge in [0.15, 0.2) is 0 Å². The van der Waals surface area contributed by atoms with E-state index in [0.717, 1.165) is 5.69 Å². The topological polar surface area (TPSA) is 85.3 Å². The number of carbonyl (C=O) groups is 2. The molecule has 0 bridgehead atoms. The monoisotopic (exact) mass is 296 g/mol. The molecular weight excluding hydrogens is 272 g/mol. The fraction of sp³-hybridized carbons (Fsp3) is 0.643. The molecule has 7 heteroatoms. The van der Waals surface area contributed by atoms with Gasteiger partial charge in [0.05, 0.1) is 18.6 Å². The summed E-state index contributed by atoms with van der Waals surface area (Å²) in [6.07, 6.45) is 2.67. The van der Waals surface area contributed by atoms with Gasteiger partial charge in [-0.2, -0.15) is 0 Å². The first-order valence-electron chi connectivity index (χ1n) is 6.92. The van der Waals surface area contributed by atoms with Crippen LogP contribution in [-0.4, -0.2) is 33.2 Å². The van der Waals surface area contributed by atoms with Gasteiger partial charge in [-0.3, -0.25) is 4.79 Å². The quantitative estimate of drug-likeness (QED) is 0.861. The first-order valence-corrected chi connectivity index (χ1v) is 6.92. The second-order valence-corrected chi connectivity index (χ2v) is 6.09. The van der Waals surface area contributed by atoms with E-state index in [4.69, 9.17) is 4.74 Å². The van der Waals surface area contributed by atoms with Gasteiger partial charge in [0.1, 0.15) is 12.1 Å². The smallest absolute Gasteiger partial charge is 0.407 e. The lowest BCUT2D eigenvalue weighted by Crippen LogP contribution is -2.34. The first kappa shape index (κ1) is 17.0. The first-order chi connectivity index (χ1) is 9.67. The summed E-state index contributed by atoms with van der Waals surface area (Å²) in [5.41, 5.74) is 0.196. The number of nitrogens with zero attached hydrogens (tertiary/aromatic N) is 2. The Balaban J connectivity index is 2.52. The highest BCUT2D eigenvalue weighted by atomic mass is 16.6. The molecule has 2 N–H and O–H groups in total. The number of amides is 2. The molecule has 0 spiro atoms. The van der Waals surface area contributed by atoms with Gasteiger partial charge in [-0.1, -0.05) is 0 Å². The van der Waals surface area contributed by atoms with Crippen molar-refractivity contribution in [2.75, 3.05) is 0 Å². The second kappa shape index (κ2) is 7.10. The zero-order valence-electron chi connectivity index (χ0n) is 13.3. The number of carbonyl (C=O) groups excluding carboxylic acids is 2. The maximum absolute atomic E-state index is 11.7. The van der Waals surface area contributed by atoms with Gasteiger partial charge in [0.2, 0.25) is 5.91 Å². The zero-order valence-corrected chi connectivity index (χ0v) is 13.3. The Morgan fingerprint density at radius 2 is 2.05 bits per heavy atom. The Morgan fingerprint density at radius 1 is 1.38 bits per heavy atom. The third kappa shape index (κ3) is 6.78. The summed E-state index contributed by atoms with van der Waals surface area (Å²) in [6.45, 7) is 9.62. The Bertz CT molecular complexity index is 489. The Kier molecular flexibility index (Phi) is 5.75. The molecule has 1 rings (SSSR count). The van der Waals surface area contributed by atoms with Gasteiger partial charge in [0, 0.05) is 12.2 Å². The van der Waals surface area contributed by atoms with Crippen LogP contribution in [0, 0.1) is 0 Å². The number of imidazole rings is 1. The van der Waals surface area contributed by atoms with E-state index in [0.29, 0.717) is 0 Å². The summed E-state index contributed by atoms with van der Waals surface area (Å²) in [5.74, 6) is -0.0958. The molecule has 2 amide bonds. The Labute approximate surface area is 125 Å². The van der Waals surface area contributed by atoms with Gasteiger partial charge in [-0.15, -0.1) is 0 Å². The van der Waals surface area contributed by atoms with Crippen LogP contribution in [0.3, 0.4) is 0 Å². The van der Waals surface area contributed by atoms with Crippen molar-refractivity contribution in [1.82, 2.24) is 20.2 Å². The molecule has 0 aromatic carbocycles. The molecule has 0 aliphatic heterocycles. The lowest BCUT2D eigenvalue weighted by Gasteiger charge is -2.19. The summed E-state index contributed by atoms with van der Waals surface area (Å²) in [5, 5.41) is 5.45. The number of aromatic nitrogens is 2. The molecule has 0 aliphatic carbocycles. The maximum atomic E-state index is 11.7. The van der Waals surface area contributed by atoms with Gasteiger partial charge >= 0.3 is 6.09 Å². The van der Waals surface area contributed by atoms with Crippen molar-refractivity contribution in [2.24, 2.45) is 0 Å². The van der Waals surface area contributed by atoms with Gasteiger partial charge in [-0.05, 0) is 34.6 Å². The molecule has 118 valence electrons. The molecule has 21 heavy (non-hydrogen) atoms. The average Bonchev–Trinajstić information content (AvgIpc) is 2.70. The van der Waals surface area contributed by atoms with Crippen molar-refractivity contribution in [3.05, 3.63) is 18.2 Å². The number of hydrogen-bond donors (Lipinski definition) is 2. The van der Waals surface area contributed by atoms with Crippen LogP contribution in [-0.2, 0) is 22.6 Å². The van der Waals surface area contributed by atoms with Crippen molar-refractivity contribution in [2.45, 2.75) is 59.4 Å². The lowest BCUT2D eigenvalue weighted by molar-refractivity contribution is -0.122.